The van der Waals surface area contributed by atoms with Crippen LogP contribution >= 0.6 is 11.6 Å². The molecule has 0 heterocycles. The van der Waals surface area contributed by atoms with Gasteiger partial charge in [-0.1, -0.05) is 78.4 Å². The lowest BCUT2D eigenvalue weighted by molar-refractivity contribution is -0.136. The van der Waals surface area contributed by atoms with Crippen LogP contribution < -0.4 is 10.1 Å². The predicted octanol–water partition coefficient (Wildman–Crippen LogP) is 5.66. The Morgan fingerprint density at radius 2 is 1.73 bits per heavy atom. The number of hydrogen-bond donors (Lipinski definition) is 2. The Labute approximate surface area is 181 Å². The van der Waals surface area contributed by atoms with E-state index in [1.54, 1.807) is 6.07 Å². The monoisotopic (exact) mass is 421 g/mol. The number of nitrogens with one attached hydrogen (secondary N) is 1. The van der Waals surface area contributed by atoms with Crippen molar-refractivity contribution in [2.24, 2.45) is 0 Å². The first-order chi connectivity index (χ1) is 14.6. The summed E-state index contributed by atoms with van der Waals surface area (Å²) in [4.78, 5) is 10.5. The van der Waals surface area contributed by atoms with Crippen LogP contribution in [0.2, 0.25) is 5.02 Å². The number of aliphatic carboxylic acids is 1. The zero-order valence-corrected chi connectivity index (χ0v) is 17.3. The average molecular weight is 422 g/mol. The Balaban J connectivity index is 1.50. The molecule has 0 aromatic heterocycles. The summed E-state index contributed by atoms with van der Waals surface area (Å²) in [6, 6.07) is 24.2. The summed E-state index contributed by atoms with van der Waals surface area (Å²) in [7, 11) is 0. The average Bonchev–Trinajstić information content (AvgIpc) is 2.76. The molecule has 0 atom stereocenters. The number of rotatable bonds is 10. The van der Waals surface area contributed by atoms with E-state index >= 15 is 0 Å². The largest absolute Gasteiger partial charge is 0.489 e. The molecule has 0 aliphatic heterocycles. The second kappa shape index (κ2) is 11.2. The molecule has 0 unspecified atom stereocenters. The molecule has 0 amide bonds. The maximum absolute atomic E-state index is 10.5. The van der Waals surface area contributed by atoms with E-state index in [0.717, 1.165) is 11.1 Å². The van der Waals surface area contributed by atoms with Gasteiger partial charge in [-0.05, 0) is 40.5 Å². The van der Waals surface area contributed by atoms with E-state index in [9.17, 15) is 4.79 Å². The zero-order chi connectivity index (χ0) is 21.2. The minimum Gasteiger partial charge on any atom is -0.489 e. The topological polar surface area (TPSA) is 58.6 Å². The van der Waals surface area contributed by atoms with Crippen molar-refractivity contribution in [2.75, 3.05) is 13.1 Å². The first-order valence-electron chi connectivity index (χ1n) is 9.77. The number of carboxylic acids is 1. The van der Waals surface area contributed by atoms with Gasteiger partial charge in [-0.3, -0.25) is 4.79 Å². The van der Waals surface area contributed by atoms with Crippen molar-refractivity contribution in [3.63, 3.8) is 0 Å². The van der Waals surface area contributed by atoms with Gasteiger partial charge < -0.3 is 15.2 Å². The lowest BCUT2D eigenvalue weighted by Gasteiger charge is -2.09. The lowest BCUT2D eigenvalue weighted by Crippen LogP contribution is -2.17. The van der Waals surface area contributed by atoms with Crippen LogP contribution in [0.5, 0.6) is 5.75 Å². The minimum absolute atomic E-state index is 0.107. The van der Waals surface area contributed by atoms with Crippen LogP contribution in [0.15, 0.2) is 78.9 Å². The fraction of sp³-hybridized carbons (Fsp3) is 0.160. The number of carboxylic acid groups (broad SMARTS) is 1. The van der Waals surface area contributed by atoms with Gasteiger partial charge in [-0.2, -0.15) is 0 Å². The van der Waals surface area contributed by atoms with Crippen molar-refractivity contribution in [2.45, 2.75) is 13.0 Å². The van der Waals surface area contributed by atoms with Crippen LogP contribution in [0.25, 0.3) is 17.2 Å². The van der Waals surface area contributed by atoms with Crippen LogP contribution in [0.1, 0.15) is 17.5 Å². The summed E-state index contributed by atoms with van der Waals surface area (Å²) >= 11 is 6.35. The standard InChI is InChI=1S/C25H24ClNO3/c26-24-17-23(13-12-22(24)7-4-15-27-16-14-25(28)29)30-18-19-8-10-21(11-9-19)20-5-2-1-3-6-20/h1-13,17,27H,14-16,18H2,(H,28,29)/b7-4+. The van der Waals surface area contributed by atoms with E-state index in [0.29, 0.717) is 30.5 Å². The molecule has 3 aromatic carbocycles. The van der Waals surface area contributed by atoms with Crippen molar-refractivity contribution < 1.29 is 14.6 Å². The van der Waals surface area contributed by atoms with Gasteiger partial charge in [0.2, 0.25) is 0 Å². The molecular weight excluding hydrogens is 398 g/mol. The molecule has 0 aliphatic rings. The predicted molar refractivity (Wildman–Crippen MR) is 122 cm³/mol. The first-order valence-corrected chi connectivity index (χ1v) is 10.2. The molecule has 0 saturated heterocycles. The number of carbonyl (C=O) groups is 1. The number of halogens is 1. The summed E-state index contributed by atoms with van der Waals surface area (Å²) in [6.07, 6.45) is 3.93. The van der Waals surface area contributed by atoms with E-state index in [1.165, 1.54) is 11.1 Å². The highest BCUT2D eigenvalue weighted by atomic mass is 35.5. The maximum atomic E-state index is 10.5. The molecule has 0 saturated carbocycles. The molecular formula is C25H24ClNO3. The van der Waals surface area contributed by atoms with Gasteiger partial charge in [0.15, 0.2) is 0 Å². The highest BCUT2D eigenvalue weighted by Crippen LogP contribution is 2.25. The van der Waals surface area contributed by atoms with Crippen molar-refractivity contribution >= 4 is 23.6 Å². The Kier molecular flexibility index (Phi) is 8.07. The number of benzene rings is 3. The van der Waals surface area contributed by atoms with Crippen molar-refractivity contribution in [3.8, 4) is 16.9 Å². The number of ether oxygens (including phenoxy) is 1. The van der Waals surface area contributed by atoms with Crippen molar-refractivity contribution in [3.05, 3.63) is 95.0 Å². The molecule has 0 aliphatic carbocycles. The van der Waals surface area contributed by atoms with Crippen LogP contribution in [0.4, 0.5) is 0 Å². The van der Waals surface area contributed by atoms with Crippen molar-refractivity contribution in [1.29, 1.82) is 0 Å². The molecule has 3 aromatic rings. The number of hydrogen-bond acceptors (Lipinski definition) is 3. The molecule has 0 radical (unpaired) electrons. The van der Waals surface area contributed by atoms with E-state index in [2.05, 4.69) is 41.7 Å². The summed E-state index contributed by atoms with van der Waals surface area (Å²) in [5.74, 6) is -0.0962. The fourth-order valence-electron chi connectivity index (χ4n) is 2.89. The second-order valence-electron chi connectivity index (χ2n) is 6.79. The molecule has 5 heteroatoms. The summed E-state index contributed by atoms with van der Waals surface area (Å²) < 4.78 is 5.88. The van der Waals surface area contributed by atoms with Gasteiger partial charge in [0.1, 0.15) is 12.4 Å². The third-order valence-electron chi connectivity index (χ3n) is 4.51. The van der Waals surface area contributed by atoms with E-state index in [1.807, 2.05) is 42.5 Å². The zero-order valence-electron chi connectivity index (χ0n) is 16.6. The smallest absolute Gasteiger partial charge is 0.304 e. The molecule has 0 fully saturated rings. The van der Waals surface area contributed by atoms with Crippen molar-refractivity contribution in [1.82, 2.24) is 5.32 Å². The van der Waals surface area contributed by atoms with Gasteiger partial charge in [0.05, 0.1) is 11.4 Å². The first kappa shape index (κ1) is 21.6. The molecule has 30 heavy (non-hydrogen) atoms. The normalized spacial score (nSPS) is 11.0. The summed E-state index contributed by atoms with van der Waals surface area (Å²) in [5, 5.41) is 12.2. The molecule has 154 valence electrons. The SMILES string of the molecule is O=C(O)CCNC/C=C/c1ccc(OCc2ccc(-c3ccccc3)cc2)cc1Cl. The third kappa shape index (κ3) is 6.76. The van der Waals surface area contributed by atoms with E-state index in [-0.39, 0.29) is 6.42 Å². The van der Waals surface area contributed by atoms with Gasteiger partial charge in [-0.25, -0.2) is 0 Å². The molecule has 3 rings (SSSR count). The van der Waals surface area contributed by atoms with Gasteiger partial charge in [0, 0.05) is 13.1 Å². The lowest BCUT2D eigenvalue weighted by atomic mass is 10.0. The van der Waals surface area contributed by atoms with Crippen LogP contribution in [-0.2, 0) is 11.4 Å². The van der Waals surface area contributed by atoms with Gasteiger partial charge >= 0.3 is 5.97 Å². The van der Waals surface area contributed by atoms with E-state index < -0.39 is 5.97 Å². The Morgan fingerprint density at radius 1 is 1.00 bits per heavy atom. The fourth-order valence-corrected chi connectivity index (χ4v) is 3.12. The van der Waals surface area contributed by atoms with Crippen LogP contribution in [0, 0.1) is 0 Å². The summed E-state index contributed by atoms with van der Waals surface area (Å²) in [6.45, 7) is 1.49. The van der Waals surface area contributed by atoms with Gasteiger partial charge in [0.25, 0.3) is 0 Å². The Hall–Kier alpha value is -3.08. The van der Waals surface area contributed by atoms with E-state index in [4.69, 9.17) is 21.4 Å². The minimum atomic E-state index is -0.808. The molecule has 2 N–H and O–H groups in total. The molecule has 4 nitrogen and oxygen atoms in total. The Bertz CT molecular complexity index is 985. The maximum Gasteiger partial charge on any atom is 0.304 e. The molecule has 0 spiro atoms. The van der Waals surface area contributed by atoms with Crippen LogP contribution in [0.3, 0.4) is 0 Å². The quantitative estimate of drug-likeness (QED) is 0.414. The second-order valence-corrected chi connectivity index (χ2v) is 7.19. The van der Waals surface area contributed by atoms with Crippen LogP contribution in [-0.4, -0.2) is 24.2 Å². The Morgan fingerprint density at radius 3 is 2.43 bits per heavy atom. The van der Waals surface area contributed by atoms with Gasteiger partial charge in [-0.15, -0.1) is 0 Å². The highest BCUT2D eigenvalue weighted by molar-refractivity contribution is 6.32. The highest BCUT2D eigenvalue weighted by Gasteiger charge is 2.02. The molecule has 0 bridgehead atoms. The summed E-state index contributed by atoms with van der Waals surface area (Å²) in [5.41, 5.74) is 4.34. The third-order valence-corrected chi connectivity index (χ3v) is 4.84.